The van der Waals surface area contributed by atoms with Gasteiger partial charge in [-0.1, -0.05) is 18.2 Å². The van der Waals surface area contributed by atoms with E-state index in [1.54, 1.807) is 4.68 Å². The Morgan fingerprint density at radius 1 is 1.36 bits per heavy atom. The molecule has 3 rings (SSSR count). The second-order valence-corrected chi connectivity index (χ2v) is 5.44. The summed E-state index contributed by atoms with van der Waals surface area (Å²) in [6.45, 7) is 3.83. The van der Waals surface area contributed by atoms with Crippen molar-refractivity contribution in [1.82, 2.24) is 20.4 Å². The lowest BCUT2D eigenvalue weighted by Gasteiger charge is -2.23. The number of hydrogen-bond acceptors (Lipinski definition) is 3. The smallest absolute Gasteiger partial charge is 0.272 e. The first-order valence-corrected chi connectivity index (χ1v) is 7.38. The highest BCUT2D eigenvalue weighted by atomic mass is 35.5. The van der Waals surface area contributed by atoms with Crippen LogP contribution >= 0.6 is 12.4 Å². The second-order valence-electron chi connectivity index (χ2n) is 5.44. The van der Waals surface area contributed by atoms with E-state index >= 15 is 0 Å². The first kappa shape index (κ1) is 16.5. The Morgan fingerprint density at radius 2 is 2.14 bits per heavy atom. The molecular formula is C16H21ClN4O. The molecule has 0 radical (unpaired) electrons. The molecule has 5 nitrogen and oxygen atoms in total. The van der Waals surface area contributed by atoms with Gasteiger partial charge >= 0.3 is 0 Å². The van der Waals surface area contributed by atoms with Crippen LogP contribution in [0, 0.1) is 6.92 Å². The standard InChI is InChI=1S/C16H20N4O.ClH/c1-12-10-15(16(21)18-13-6-5-9-17-11-13)19-20(12)14-7-3-2-4-8-14;/h2-4,7-8,10,13,17H,5-6,9,11H2,1H3,(H,18,21);1H/t13-;/m0./s1. The van der Waals surface area contributed by atoms with Crippen molar-refractivity contribution in [3.63, 3.8) is 0 Å². The first-order chi connectivity index (χ1) is 10.2. The SMILES string of the molecule is Cc1cc(C(=O)N[C@H]2CCCNC2)nn1-c1ccccc1.Cl. The highest BCUT2D eigenvalue weighted by molar-refractivity contribution is 5.92. The van der Waals surface area contributed by atoms with E-state index in [2.05, 4.69) is 15.7 Å². The van der Waals surface area contributed by atoms with E-state index in [-0.39, 0.29) is 24.4 Å². The van der Waals surface area contributed by atoms with Crippen LogP contribution in [0.5, 0.6) is 0 Å². The van der Waals surface area contributed by atoms with Crippen LogP contribution in [-0.2, 0) is 0 Å². The van der Waals surface area contributed by atoms with Crippen molar-refractivity contribution in [3.05, 3.63) is 47.8 Å². The fraction of sp³-hybridized carbons (Fsp3) is 0.375. The molecule has 1 atom stereocenters. The Morgan fingerprint density at radius 3 is 2.82 bits per heavy atom. The third kappa shape index (κ3) is 3.67. The second kappa shape index (κ2) is 7.42. The van der Waals surface area contributed by atoms with Gasteiger partial charge in [-0.3, -0.25) is 4.79 Å². The molecule has 1 aromatic heterocycles. The van der Waals surface area contributed by atoms with Crippen LogP contribution in [-0.4, -0.2) is 34.8 Å². The van der Waals surface area contributed by atoms with Crippen molar-refractivity contribution in [2.45, 2.75) is 25.8 Å². The molecule has 22 heavy (non-hydrogen) atoms. The normalized spacial score (nSPS) is 17.6. The van der Waals surface area contributed by atoms with Crippen molar-refractivity contribution in [2.24, 2.45) is 0 Å². The van der Waals surface area contributed by atoms with Crippen LogP contribution in [0.25, 0.3) is 5.69 Å². The Kier molecular flexibility index (Phi) is 5.57. The minimum Gasteiger partial charge on any atom is -0.347 e. The summed E-state index contributed by atoms with van der Waals surface area (Å²) in [5.41, 5.74) is 2.39. The number of halogens is 1. The highest BCUT2D eigenvalue weighted by Gasteiger charge is 2.19. The molecule has 2 aromatic rings. The molecule has 1 aromatic carbocycles. The van der Waals surface area contributed by atoms with Gasteiger partial charge in [-0.05, 0) is 44.5 Å². The number of rotatable bonds is 3. The molecule has 1 aliphatic heterocycles. The summed E-state index contributed by atoms with van der Waals surface area (Å²) >= 11 is 0. The maximum atomic E-state index is 12.3. The lowest BCUT2D eigenvalue weighted by atomic mass is 10.1. The summed E-state index contributed by atoms with van der Waals surface area (Å²) in [6.07, 6.45) is 2.12. The average Bonchev–Trinajstić information content (AvgIpc) is 2.91. The van der Waals surface area contributed by atoms with Gasteiger partial charge in [0.2, 0.25) is 0 Å². The predicted molar refractivity (Wildman–Crippen MR) is 88.9 cm³/mol. The van der Waals surface area contributed by atoms with Gasteiger partial charge in [-0.15, -0.1) is 12.4 Å². The Hall–Kier alpha value is -1.85. The molecule has 2 heterocycles. The largest absolute Gasteiger partial charge is 0.347 e. The molecule has 6 heteroatoms. The number of piperidine rings is 1. The summed E-state index contributed by atoms with van der Waals surface area (Å²) < 4.78 is 1.80. The van der Waals surface area contributed by atoms with E-state index in [1.807, 2.05) is 43.3 Å². The van der Waals surface area contributed by atoms with Gasteiger partial charge in [0, 0.05) is 18.3 Å². The van der Waals surface area contributed by atoms with Gasteiger partial charge in [-0.2, -0.15) is 5.10 Å². The zero-order chi connectivity index (χ0) is 14.7. The minimum absolute atomic E-state index is 0. The lowest BCUT2D eigenvalue weighted by Crippen LogP contribution is -2.45. The predicted octanol–water partition coefficient (Wildman–Crippen LogP) is 2.08. The fourth-order valence-electron chi connectivity index (χ4n) is 2.65. The maximum absolute atomic E-state index is 12.3. The van der Waals surface area contributed by atoms with Crippen molar-refractivity contribution in [1.29, 1.82) is 0 Å². The monoisotopic (exact) mass is 320 g/mol. The molecular weight excluding hydrogens is 300 g/mol. The molecule has 0 unspecified atom stereocenters. The number of hydrogen-bond donors (Lipinski definition) is 2. The third-order valence-electron chi connectivity index (χ3n) is 3.75. The summed E-state index contributed by atoms with van der Waals surface area (Å²) in [4.78, 5) is 12.3. The van der Waals surface area contributed by atoms with Crippen LogP contribution < -0.4 is 10.6 Å². The van der Waals surface area contributed by atoms with E-state index in [0.717, 1.165) is 37.3 Å². The molecule has 0 saturated carbocycles. The van der Waals surface area contributed by atoms with Gasteiger partial charge in [0.15, 0.2) is 5.69 Å². The highest BCUT2D eigenvalue weighted by Crippen LogP contribution is 2.12. The zero-order valence-electron chi connectivity index (χ0n) is 12.6. The van der Waals surface area contributed by atoms with E-state index < -0.39 is 0 Å². The number of amides is 1. The third-order valence-corrected chi connectivity index (χ3v) is 3.75. The van der Waals surface area contributed by atoms with E-state index in [1.165, 1.54) is 0 Å². The summed E-state index contributed by atoms with van der Waals surface area (Å²) in [5.74, 6) is -0.0959. The molecule has 1 aliphatic rings. The Labute approximate surface area is 136 Å². The average molecular weight is 321 g/mol. The zero-order valence-corrected chi connectivity index (χ0v) is 13.4. The Balaban J connectivity index is 0.00000176. The number of carbonyl (C=O) groups is 1. The van der Waals surface area contributed by atoms with Gasteiger partial charge in [0.25, 0.3) is 5.91 Å². The number of nitrogens with one attached hydrogen (secondary N) is 2. The molecule has 2 N–H and O–H groups in total. The van der Waals surface area contributed by atoms with Gasteiger partial charge in [0.1, 0.15) is 0 Å². The number of aryl methyl sites for hydroxylation is 1. The first-order valence-electron chi connectivity index (χ1n) is 7.38. The van der Waals surface area contributed by atoms with Crippen molar-refractivity contribution >= 4 is 18.3 Å². The van der Waals surface area contributed by atoms with Crippen LogP contribution in [0.15, 0.2) is 36.4 Å². The summed E-state index contributed by atoms with van der Waals surface area (Å²) in [6, 6.07) is 11.9. The molecule has 0 bridgehead atoms. The van der Waals surface area contributed by atoms with Crippen molar-refractivity contribution in [2.75, 3.05) is 13.1 Å². The lowest BCUT2D eigenvalue weighted by molar-refractivity contribution is 0.0925. The van der Waals surface area contributed by atoms with Crippen LogP contribution in [0.2, 0.25) is 0 Å². The quantitative estimate of drug-likeness (QED) is 0.910. The van der Waals surface area contributed by atoms with Crippen LogP contribution in [0.3, 0.4) is 0 Å². The fourth-order valence-corrected chi connectivity index (χ4v) is 2.65. The summed E-state index contributed by atoms with van der Waals surface area (Å²) in [5, 5.41) is 10.8. The number of carbonyl (C=O) groups excluding carboxylic acids is 1. The number of benzene rings is 1. The van der Waals surface area contributed by atoms with Crippen molar-refractivity contribution < 1.29 is 4.79 Å². The number of para-hydroxylation sites is 1. The van der Waals surface area contributed by atoms with Gasteiger partial charge in [-0.25, -0.2) is 4.68 Å². The molecule has 1 amide bonds. The number of aromatic nitrogens is 2. The van der Waals surface area contributed by atoms with Gasteiger partial charge < -0.3 is 10.6 Å². The van der Waals surface area contributed by atoms with Crippen LogP contribution in [0.1, 0.15) is 29.0 Å². The molecule has 118 valence electrons. The van der Waals surface area contributed by atoms with E-state index in [0.29, 0.717) is 5.69 Å². The van der Waals surface area contributed by atoms with E-state index in [4.69, 9.17) is 0 Å². The van der Waals surface area contributed by atoms with Crippen molar-refractivity contribution in [3.8, 4) is 5.69 Å². The molecule has 0 aliphatic carbocycles. The topological polar surface area (TPSA) is 59.0 Å². The summed E-state index contributed by atoms with van der Waals surface area (Å²) in [7, 11) is 0. The number of nitrogens with zero attached hydrogens (tertiary/aromatic N) is 2. The molecule has 1 fully saturated rings. The molecule has 0 spiro atoms. The maximum Gasteiger partial charge on any atom is 0.272 e. The van der Waals surface area contributed by atoms with Crippen LogP contribution in [0.4, 0.5) is 0 Å². The van der Waals surface area contributed by atoms with E-state index in [9.17, 15) is 4.79 Å². The minimum atomic E-state index is -0.0959. The Bertz CT molecular complexity index is 620. The van der Waals surface area contributed by atoms with Gasteiger partial charge in [0.05, 0.1) is 5.69 Å². The molecule has 1 saturated heterocycles.